The number of fused-ring (bicyclic) bond motifs is 1. The molecule has 1 heterocycles. The summed E-state index contributed by atoms with van der Waals surface area (Å²) < 4.78 is 6.71. The first kappa shape index (κ1) is 16.8. The SMILES string of the molecule is COC(=O)CCNC(=O)c1ccc2c(ccn2Cc2ccccc2)c1. The van der Waals surface area contributed by atoms with E-state index in [4.69, 9.17) is 0 Å². The first-order chi connectivity index (χ1) is 12.2. The van der Waals surface area contributed by atoms with E-state index in [1.165, 1.54) is 12.7 Å². The second-order valence-electron chi connectivity index (χ2n) is 5.78. The van der Waals surface area contributed by atoms with Crippen molar-refractivity contribution in [2.24, 2.45) is 0 Å². The fraction of sp³-hybridized carbons (Fsp3) is 0.200. The molecule has 0 aliphatic rings. The Kier molecular flexibility index (Phi) is 5.14. The van der Waals surface area contributed by atoms with Crippen molar-refractivity contribution in [3.05, 3.63) is 71.9 Å². The number of hydrogen-bond acceptors (Lipinski definition) is 3. The van der Waals surface area contributed by atoms with Crippen LogP contribution in [0, 0.1) is 0 Å². The molecule has 0 aliphatic heterocycles. The summed E-state index contributed by atoms with van der Waals surface area (Å²) in [5.41, 5.74) is 2.88. The molecule has 3 aromatic rings. The summed E-state index contributed by atoms with van der Waals surface area (Å²) in [6.45, 7) is 1.05. The van der Waals surface area contributed by atoms with Gasteiger partial charge in [-0.25, -0.2) is 0 Å². The van der Waals surface area contributed by atoms with Crippen LogP contribution in [0.2, 0.25) is 0 Å². The van der Waals surface area contributed by atoms with E-state index in [1.807, 2.05) is 42.6 Å². The molecule has 0 radical (unpaired) electrons. The number of hydrogen-bond donors (Lipinski definition) is 1. The molecule has 128 valence electrons. The van der Waals surface area contributed by atoms with Crippen LogP contribution in [0.3, 0.4) is 0 Å². The van der Waals surface area contributed by atoms with Gasteiger partial charge in [-0.1, -0.05) is 30.3 Å². The van der Waals surface area contributed by atoms with Gasteiger partial charge in [0.25, 0.3) is 5.91 Å². The van der Waals surface area contributed by atoms with E-state index >= 15 is 0 Å². The number of amides is 1. The molecule has 0 fully saturated rings. The summed E-state index contributed by atoms with van der Waals surface area (Å²) in [5, 5.41) is 3.74. The van der Waals surface area contributed by atoms with Crippen molar-refractivity contribution >= 4 is 22.8 Å². The van der Waals surface area contributed by atoms with Crippen LogP contribution in [0.1, 0.15) is 22.3 Å². The second-order valence-corrected chi connectivity index (χ2v) is 5.78. The fourth-order valence-corrected chi connectivity index (χ4v) is 2.74. The molecule has 1 amide bonds. The van der Waals surface area contributed by atoms with Gasteiger partial charge < -0.3 is 14.6 Å². The molecule has 0 aliphatic carbocycles. The molecule has 0 bridgehead atoms. The summed E-state index contributed by atoms with van der Waals surface area (Å²) in [5.74, 6) is -0.532. The summed E-state index contributed by atoms with van der Waals surface area (Å²) in [6.07, 6.45) is 2.19. The van der Waals surface area contributed by atoms with Crippen molar-refractivity contribution in [3.63, 3.8) is 0 Å². The minimum atomic E-state index is -0.339. The van der Waals surface area contributed by atoms with Gasteiger partial charge in [0.15, 0.2) is 0 Å². The molecular weight excluding hydrogens is 316 g/mol. The van der Waals surface area contributed by atoms with Gasteiger partial charge in [-0.2, -0.15) is 0 Å². The van der Waals surface area contributed by atoms with Crippen LogP contribution in [0.25, 0.3) is 10.9 Å². The van der Waals surface area contributed by atoms with E-state index in [9.17, 15) is 9.59 Å². The maximum Gasteiger partial charge on any atom is 0.307 e. The zero-order chi connectivity index (χ0) is 17.6. The number of aromatic nitrogens is 1. The summed E-state index contributed by atoms with van der Waals surface area (Å²) >= 11 is 0. The quantitative estimate of drug-likeness (QED) is 0.704. The molecular formula is C20H20N2O3. The lowest BCUT2D eigenvalue weighted by Gasteiger charge is -2.07. The van der Waals surface area contributed by atoms with Crippen LogP contribution < -0.4 is 5.32 Å². The molecule has 2 aromatic carbocycles. The molecule has 3 rings (SSSR count). The molecule has 1 N–H and O–H groups in total. The Bertz CT molecular complexity index is 884. The Labute approximate surface area is 146 Å². The van der Waals surface area contributed by atoms with Crippen LogP contribution in [0.4, 0.5) is 0 Å². The van der Waals surface area contributed by atoms with Crippen molar-refractivity contribution in [1.82, 2.24) is 9.88 Å². The Hall–Kier alpha value is -3.08. The lowest BCUT2D eigenvalue weighted by molar-refractivity contribution is -0.140. The van der Waals surface area contributed by atoms with Crippen LogP contribution >= 0.6 is 0 Å². The molecule has 1 aromatic heterocycles. The zero-order valence-corrected chi connectivity index (χ0v) is 14.1. The molecule has 0 unspecified atom stereocenters. The normalized spacial score (nSPS) is 10.6. The summed E-state index contributed by atoms with van der Waals surface area (Å²) in [7, 11) is 1.33. The lowest BCUT2D eigenvalue weighted by Crippen LogP contribution is -2.26. The van der Waals surface area contributed by atoms with Crippen molar-refractivity contribution in [1.29, 1.82) is 0 Å². The largest absolute Gasteiger partial charge is 0.469 e. The molecule has 0 atom stereocenters. The highest BCUT2D eigenvalue weighted by Crippen LogP contribution is 2.19. The van der Waals surface area contributed by atoms with Crippen molar-refractivity contribution in [2.45, 2.75) is 13.0 Å². The van der Waals surface area contributed by atoms with Gasteiger partial charge >= 0.3 is 5.97 Å². The van der Waals surface area contributed by atoms with E-state index in [2.05, 4.69) is 26.8 Å². The second kappa shape index (κ2) is 7.66. The van der Waals surface area contributed by atoms with E-state index in [-0.39, 0.29) is 24.8 Å². The number of ether oxygens (including phenoxy) is 1. The number of methoxy groups -OCH3 is 1. The lowest BCUT2D eigenvalue weighted by atomic mass is 10.1. The van der Waals surface area contributed by atoms with Gasteiger partial charge in [0.2, 0.25) is 0 Å². The van der Waals surface area contributed by atoms with Crippen molar-refractivity contribution < 1.29 is 14.3 Å². The van der Waals surface area contributed by atoms with Gasteiger partial charge in [-0.15, -0.1) is 0 Å². The van der Waals surface area contributed by atoms with E-state index in [1.54, 1.807) is 6.07 Å². The zero-order valence-electron chi connectivity index (χ0n) is 14.1. The predicted octanol–water partition coefficient (Wildman–Crippen LogP) is 2.98. The summed E-state index contributed by atoms with van der Waals surface area (Å²) in [4.78, 5) is 23.3. The highest BCUT2D eigenvalue weighted by molar-refractivity contribution is 5.98. The number of carbonyl (C=O) groups excluding carboxylic acids is 2. The van der Waals surface area contributed by atoms with Gasteiger partial charge in [0.05, 0.1) is 13.5 Å². The first-order valence-corrected chi connectivity index (χ1v) is 8.15. The number of rotatable bonds is 6. The van der Waals surface area contributed by atoms with Crippen LogP contribution in [-0.4, -0.2) is 30.1 Å². The number of benzene rings is 2. The van der Waals surface area contributed by atoms with Gasteiger partial charge in [-0.05, 0) is 29.8 Å². The first-order valence-electron chi connectivity index (χ1n) is 8.15. The predicted molar refractivity (Wildman–Crippen MR) is 96.4 cm³/mol. The highest BCUT2D eigenvalue weighted by Gasteiger charge is 2.09. The van der Waals surface area contributed by atoms with Crippen molar-refractivity contribution in [2.75, 3.05) is 13.7 Å². The van der Waals surface area contributed by atoms with Crippen LogP contribution in [0.15, 0.2) is 60.8 Å². The molecule has 0 saturated heterocycles. The molecule has 0 spiro atoms. The maximum atomic E-state index is 12.2. The number of carbonyl (C=O) groups is 2. The Morgan fingerprint density at radius 2 is 1.88 bits per heavy atom. The molecule has 25 heavy (non-hydrogen) atoms. The maximum absolute atomic E-state index is 12.2. The monoisotopic (exact) mass is 336 g/mol. The fourth-order valence-electron chi connectivity index (χ4n) is 2.74. The topological polar surface area (TPSA) is 60.3 Å². The third kappa shape index (κ3) is 4.07. The number of nitrogens with one attached hydrogen (secondary N) is 1. The van der Waals surface area contributed by atoms with Crippen molar-refractivity contribution in [3.8, 4) is 0 Å². The van der Waals surface area contributed by atoms with Gasteiger partial charge in [0, 0.05) is 35.8 Å². The number of esters is 1. The number of nitrogens with zero attached hydrogens (tertiary/aromatic N) is 1. The third-order valence-electron chi connectivity index (χ3n) is 4.07. The summed E-state index contributed by atoms with van der Waals surface area (Å²) in [6, 6.07) is 17.9. The molecule has 5 nitrogen and oxygen atoms in total. The smallest absolute Gasteiger partial charge is 0.307 e. The van der Waals surface area contributed by atoms with Gasteiger partial charge in [0.1, 0.15) is 0 Å². The Morgan fingerprint density at radius 3 is 2.64 bits per heavy atom. The minimum absolute atomic E-state index is 0.165. The molecule has 0 saturated carbocycles. The average Bonchev–Trinajstić information content (AvgIpc) is 3.04. The highest BCUT2D eigenvalue weighted by atomic mass is 16.5. The average molecular weight is 336 g/mol. The Balaban J connectivity index is 1.71. The Morgan fingerprint density at radius 1 is 1.08 bits per heavy atom. The standard InChI is InChI=1S/C20H20N2O3/c1-25-19(23)9-11-21-20(24)17-7-8-18-16(13-17)10-12-22(18)14-15-5-3-2-4-6-15/h2-8,10,12-13H,9,11,14H2,1H3,(H,21,24). The molecule has 5 heteroatoms. The van der Waals surface area contributed by atoms with Crippen LogP contribution in [0.5, 0.6) is 0 Å². The third-order valence-corrected chi connectivity index (χ3v) is 4.07. The van der Waals surface area contributed by atoms with E-state index in [0.717, 1.165) is 17.4 Å². The minimum Gasteiger partial charge on any atom is -0.469 e. The van der Waals surface area contributed by atoms with E-state index in [0.29, 0.717) is 5.56 Å². The van der Waals surface area contributed by atoms with Crippen LogP contribution in [-0.2, 0) is 16.1 Å². The van der Waals surface area contributed by atoms with E-state index < -0.39 is 0 Å². The van der Waals surface area contributed by atoms with Gasteiger partial charge in [-0.3, -0.25) is 9.59 Å².